The van der Waals surface area contributed by atoms with E-state index in [1.165, 1.54) is 0 Å². The molecule has 21 heavy (non-hydrogen) atoms. The van der Waals surface area contributed by atoms with Gasteiger partial charge in [0.1, 0.15) is 23.1 Å². The van der Waals surface area contributed by atoms with Gasteiger partial charge in [0.2, 0.25) is 0 Å². The zero-order chi connectivity index (χ0) is 15.0. The molecule has 0 atom stereocenters. The second kappa shape index (κ2) is 5.11. The number of anilines is 1. The third-order valence-corrected chi connectivity index (χ3v) is 3.72. The normalized spacial score (nSPS) is 10.5. The van der Waals surface area contributed by atoms with E-state index in [0.717, 1.165) is 15.4 Å². The lowest BCUT2D eigenvalue weighted by atomic mass is 10.2. The van der Waals surface area contributed by atoms with Crippen LogP contribution in [0.25, 0.3) is 22.4 Å². The summed E-state index contributed by atoms with van der Waals surface area (Å²) in [5.74, 6) is 0.573. The summed E-state index contributed by atoms with van der Waals surface area (Å²) in [5.41, 5.74) is 8.11. The summed E-state index contributed by atoms with van der Waals surface area (Å²) in [4.78, 5) is 13.1. The molecule has 0 unspecified atom stereocenters. The molecular formula is C15H10BrN5. The lowest BCUT2D eigenvalue weighted by Gasteiger charge is -2.08. The zero-order valence-corrected chi connectivity index (χ0v) is 12.7. The molecule has 0 bridgehead atoms. The Morgan fingerprint density at radius 2 is 1.95 bits per heavy atom. The number of halogens is 1. The summed E-state index contributed by atoms with van der Waals surface area (Å²) in [7, 11) is 0. The number of pyridine rings is 1. The number of fused-ring (bicyclic) bond motifs is 1. The van der Waals surface area contributed by atoms with E-state index in [-0.39, 0.29) is 5.82 Å². The molecular weight excluding hydrogens is 330 g/mol. The van der Waals surface area contributed by atoms with Gasteiger partial charge in [-0.25, -0.2) is 15.0 Å². The van der Waals surface area contributed by atoms with Crippen LogP contribution in [0.15, 0.2) is 34.8 Å². The van der Waals surface area contributed by atoms with Gasteiger partial charge in [-0.15, -0.1) is 0 Å². The van der Waals surface area contributed by atoms with Gasteiger partial charge in [0, 0.05) is 9.86 Å². The maximum atomic E-state index is 9.02. The third kappa shape index (κ3) is 2.32. The van der Waals surface area contributed by atoms with Gasteiger partial charge in [-0.1, -0.05) is 18.2 Å². The Morgan fingerprint density at radius 1 is 1.19 bits per heavy atom. The van der Waals surface area contributed by atoms with Crippen molar-refractivity contribution in [2.45, 2.75) is 6.92 Å². The van der Waals surface area contributed by atoms with Crippen LogP contribution >= 0.6 is 15.9 Å². The topological polar surface area (TPSA) is 88.5 Å². The highest BCUT2D eigenvalue weighted by Gasteiger charge is 2.14. The average molecular weight is 340 g/mol. The Kier molecular flexibility index (Phi) is 3.28. The Balaban J connectivity index is 2.26. The van der Waals surface area contributed by atoms with E-state index in [9.17, 15) is 0 Å². The summed E-state index contributed by atoms with van der Waals surface area (Å²) >= 11 is 3.49. The second-order valence-corrected chi connectivity index (χ2v) is 5.37. The van der Waals surface area contributed by atoms with Gasteiger partial charge < -0.3 is 5.73 Å². The van der Waals surface area contributed by atoms with Crippen molar-refractivity contribution in [1.29, 1.82) is 5.26 Å². The minimum absolute atomic E-state index is 0.168. The molecule has 0 saturated carbocycles. The Hall–Kier alpha value is -2.52. The largest absolute Gasteiger partial charge is 0.382 e. The van der Waals surface area contributed by atoms with Gasteiger partial charge in [0.25, 0.3) is 0 Å². The lowest BCUT2D eigenvalue weighted by Crippen LogP contribution is -2.04. The number of nitrogen functional groups attached to an aromatic ring is 1. The molecule has 0 amide bonds. The highest BCUT2D eigenvalue weighted by atomic mass is 79.9. The molecule has 0 aliphatic carbocycles. The molecule has 6 heteroatoms. The van der Waals surface area contributed by atoms with Gasteiger partial charge in [-0.2, -0.15) is 5.26 Å². The number of hydrogen-bond acceptors (Lipinski definition) is 5. The fourth-order valence-electron chi connectivity index (χ4n) is 2.09. The van der Waals surface area contributed by atoms with E-state index >= 15 is 0 Å². The van der Waals surface area contributed by atoms with Crippen LogP contribution in [0.5, 0.6) is 0 Å². The van der Waals surface area contributed by atoms with Crippen LogP contribution in [0.1, 0.15) is 11.3 Å². The Bertz CT molecular complexity index is 875. The van der Waals surface area contributed by atoms with Crippen molar-refractivity contribution >= 4 is 32.7 Å². The number of benzene rings is 1. The van der Waals surface area contributed by atoms with Crippen LogP contribution in [0.3, 0.4) is 0 Å². The number of para-hydroxylation sites is 1. The first-order valence-electron chi connectivity index (χ1n) is 6.20. The molecule has 102 valence electrons. The number of aryl methyl sites for hydroxylation is 1. The maximum absolute atomic E-state index is 9.02. The van der Waals surface area contributed by atoms with Crippen molar-refractivity contribution in [2.24, 2.45) is 0 Å². The van der Waals surface area contributed by atoms with Crippen molar-refractivity contribution in [3.05, 3.63) is 46.1 Å². The van der Waals surface area contributed by atoms with E-state index in [2.05, 4.69) is 30.9 Å². The van der Waals surface area contributed by atoms with Crippen molar-refractivity contribution in [1.82, 2.24) is 15.0 Å². The monoisotopic (exact) mass is 339 g/mol. The Morgan fingerprint density at radius 3 is 2.67 bits per heavy atom. The molecule has 0 fully saturated rings. The van der Waals surface area contributed by atoms with E-state index in [1.807, 2.05) is 36.4 Å². The fourth-order valence-corrected chi connectivity index (χ4v) is 2.60. The van der Waals surface area contributed by atoms with Gasteiger partial charge in [-0.05, 0) is 35.0 Å². The maximum Gasteiger partial charge on any atom is 0.181 e. The van der Waals surface area contributed by atoms with E-state index < -0.39 is 0 Å². The van der Waals surface area contributed by atoms with Crippen LogP contribution in [0.4, 0.5) is 5.82 Å². The molecule has 0 saturated heterocycles. The zero-order valence-electron chi connectivity index (χ0n) is 11.1. The molecule has 0 aliphatic heterocycles. The molecule has 2 aromatic heterocycles. The number of nitrogens with zero attached hydrogens (tertiary/aromatic N) is 4. The first-order chi connectivity index (χ1) is 10.1. The minimum atomic E-state index is 0.168. The molecule has 3 rings (SSSR count). The average Bonchev–Trinajstić information content (AvgIpc) is 2.46. The predicted molar refractivity (Wildman–Crippen MR) is 84.3 cm³/mol. The highest BCUT2D eigenvalue weighted by molar-refractivity contribution is 9.10. The van der Waals surface area contributed by atoms with Crippen LogP contribution in [-0.4, -0.2) is 15.0 Å². The van der Waals surface area contributed by atoms with Crippen molar-refractivity contribution in [2.75, 3.05) is 5.73 Å². The SMILES string of the molecule is Cc1nc(-c2nc3ccccc3cc2Br)nc(N)c1C#N. The number of hydrogen-bond donors (Lipinski definition) is 1. The van der Waals surface area contributed by atoms with Crippen LogP contribution < -0.4 is 5.73 Å². The number of rotatable bonds is 1. The summed E-state index contributed by atoms with van der Waals surface area (Å²) in [5, 5.41) is 10.0. The van der Waals surface area contributed by atoms with Crippen molar-refractivity contribution in [3.63, 3.8) is 0 Å². The summed E-state index contributed by atoms with van der Waals surface area (Å²) < 4.78 is 0.782. The first kappa shape index (κ1) is 13.5. The number of nitriles is 1. The third-order valence-electron chi connectivity index (χ3n) is 3.12. The van der Waals surface area contributed by atoms with Crippen LogP contribution in [0.2, 0.25) is 0 Å². The molecule has 0 spiro atoms. The van der Waals surface area contributed by atoms with Gasteiger partial charge in [0.15, 0.2) is 5.82 Å². The molecule has 5 nitrogen and oxygen atoms in total. The van der Waals surface area contributed by atoms with Gasteiger partial charge >= 0.3 is 0 Å². The molecule has 1 aromatic carbocycles. The molecule has 3 aromatic rings. The lowest BCUT2D eigenvalue weighted by molar-refractivity contribution is 1.08. The number of nitrogens with two attached hydrogens (primary N) is 1. The van der Waals surface area contributed by atoms with Crippen molar-refractivity contribution in [3.8, 4) is 17.6 Å². The van der Waals surface area contributed by atoms with Crippen molar-refractivity contribution < 1.29 is 0 Å². The highest BCUT2D eigenvalue weighted by Crippen LogP contribution is 2.28. The number of aromatic nitrogens is 3. The molecule has 2 heterocycles. The van der Waals surface area contributed by atoms with E-state index in [4.69, 9.17) is 11.0 Å². The standard InChI is InChI=1S/C15H10BrN5/c1-8-10(7-17)14(18)21-15(19-8)13-11(16)6-9-4-2-3-5-12(9)20-13/h2-6H,1H3,(H2,18,19,21). The predicted octanol–water partition coefficient (Wildman–Crippen LogP) is 3.22. The van der Waals surface area contributed by atoms with Gasteiger partial charge in [-0.3, -0.25) is 0 Å². The molecule has 0 aliphatic rings. The summed E-state index contributed by atoms with van der Waals surface area (Å²) in [6.45, 7) is 1.73. The van der Waals surface area contributed by atoms with E-state index in [1.54, 1.807) is 6.92 Å². The quantitative estimate of drug-likeness (QED) is 0.735. The second-order valence-electron chi connectivity index (χ2n) is 4.52. The van der Waals surface area contributed by atoms with Crippen LogP contribution in [0, 0.1) is 18.3 Å². The minimum Gasteiger partial charge on any atom is -0.382 e. The molecule has 0 radical (unpaired) electrons. The fraction of sp³-hybridized carbons (Fsp3) is 0.0667. The summed E-state index contributed by atoms with van der Waals surface area (Å²) in [6, 6.07) is 11.7. The van der Waals surface area contributed by atoms with Gasteiger partial charge in [0.05, 0.1) is 11.2 Å². The first-order valence-corrected chi connectivity index (χ1v) is 6.99. The smallest absolute Gasteiger partial charge is 0.181 e. The summed E-state index contributed by atoms with van der Waals surface area (Å²) in [6.07, 6.45) is 0. The molecule has 2 N–H and O–H groups in total. The van der Waals surface area contributed by atoms with E-state index in [0.29, 0.717) is 22.8 Å². The Labute approximate surface area is 129 Å². The van der Waals surface area contributed by atoms with Crippen LogP contribution in [-0.2, 0) is 0 Å².